The van der Waals surface area contributed by atoms with Crippen molar-refractivity contribution < 1.29 is 9.47 Å². The fraction of sp³-hybridized carbons (Fsp3) is 0.800. The topological polar surface area (TPSA) is 18.5 Å². The van der Waals surface area contributed by atoms with Gasteiger partial charge in [0.2, 0.25) is 0 Å². The lowest BCUT2D eigenvalue weighted by Gasteiger charge is -2.17. The van der Waals surface area contributed by atoms with E-state index in [-0.39, 0.29) is 0 Å². The van der Waals surface area contributed by atoms with Gasteiger partial charge in [-0.05, 0) is 72.4 Å². The molecule has 0 radical (unpaired) electrons. The molecule has 2 heterocycles. The lowest BCUT2D eigenvalue weighted by atomic mass is 10.1. The van der Waals surface area contributed by atoms with Gasteiger partial charge in [-0.3, -0.25) is 0 Å². The van der Waals surface area contributed by atoms with Crippen LogP contribution in [0, 0.1) is 0 Å². The number of ether oxygens (including phenoxy) is 2. The van der Waals surface area contributed by atoms with Crippen molar-refractivity contribution in [1.82, 2.24) is 0 Å². The number of unbranched alkanes of at least 4 members (excludes halogenated alkanes) is 8. The maximum absolute atomic E-state index is 6.51. The Bertz CT molecular complexity index is 608. The first-order valence-corrected chi connectivity index (χ1v) is 18.0. The Morgan fingerprint density at radius 3 is 1.32 bits per heavy atom. The lowest BCUT2D eigenvalue weighted by Crippen LogP contribution is -2.13. The van der Waals surface area contributed by atoms with Gasteiger partial charge in [0.25, 0.3) is 0 Å². The average Bonchev–Trinajstić information content (AvgIpc) is 3.55. The van der Waals surface area contributed by atoms with Crippen LogP contribution in [-0.2, 0) is 33.3 Å². The average molecular weight is 509 g/mol. The molecule has 1 aromatic rings. The highest BCUT2D eigenvalue weighted by molar-refractivity contribution is 7.96. The molecule has 0 amide bonds. The molecule has 0 unspecified atom stereocenters. The summed E-state index contributed by atoms with van der Waals surface area (Å²) in [6.45, 7) is 6.31. The minimum Gasteiger partial charge on any atom is -0.493 e. The minimum absolute atomic E-state index is 0.536. The number of rotatable bonds is 18. The molecule has 1 aromatic carbocycles. The van der Waals surface area contributed by atoms with Crippen molar-refractivity contribution in [1.29, 1.82) is 0 Å². The van der Waals surface area contributed by atoms with Gasteiger partial charge in [-0.25, -0.2) is 0 Å². The molecule has 2 aliphatic heterocycles. The van der Waals surface area contributed by atoms with Gasteiger partial charge in [0.15, 0.2) is 0 Å². The van der Waals surface area contributed by atoms with Gasteiger partial charge >= 0.3 is 0 Å². The minimum atomic E-state index is 0.536. The third kappa shape index (κ3) is 10.2. The summed E-state index contributed by atoms with van der Waals surface area (Å²) in [6.07, 6.45) is 18.6. The quantitative estimate of drug-likeness (QED) is 0.147. The molecular formula is C30H52O2S2+2. The van der Waals surface area contributed by atoms with Crippen molar-refractivity contribution in [3.8, 4) is 11.5 Å². The van der Waals surface area contributed by atoms with Crippen LogP contribution in [0.5, 0.6) is 11.5 Å². The predicted octanol–water partition coefficient (Wildman–Crippen LogP) is 8.21. The Hall–Kier alpha value is -0.480. The number of hydrogen-bond donors (Lipinski definition) is 0. The monoisotopic (exact) mass is 508 g/mol. The van der Waals surface area contributed by atoms with Crippen LogP contribution in [0.15, 0.2) is 12.1 Å². The zero-order valence-corrected chi connectivity index (χ0v) is 24.0. The normalized spacial score (nSPS) is 17.0. The zero-order valence-electron chi connectivity index (χ0n) is 22.3. The summed E-state index contributed by atoms with van der Waals surface area (Å²) in [4.78, 5) is 0. The second kappa shape index (κ2) is 17.1. The van der Waals surface area contributed by atoms with Crippen LogP contribution in [0.2, 0.25) is 0 Å². The predicted molar refractivity (Wildman–Crippen MR) is 155 cm³/mol. The fourth-order valence-corrected chi connectivity index (χ4v) is 9.84. The molecule has 194 valence electrons. The van der Waals surface area contributed by atoms with Crippen LogP contribution in [0.3, 0.4) is 0 Å². The molecule has 0 bridgehead atoms. The smallest absolute Gasteiger partial charge is 0.136 e. The van der Waals surface area contributed by atoms with Crippen LogP contribution in [-0.4, -0.2) is 36.2 Å². The molecule has 2 saturated heterocycles. The molecule has 0 atom stereocenters. The Labute approximate surface area is 217 Å². The summed E-state index contributed by atoms with van der Waals surface area (Å²) in [6, 6.07) is 4.83. The van der Waals surface area contributed by atoms with E-state index < -0.39 is 0 Å². The van der Waals surface area contributed by atoms with Crippen LogP contribution in [0.25, 0.3) is 0 Å². The van der Waals surface area contributed by atoms with Gasteiger partial charge in [-0.2, -0.15) is 0 Å². The molecule has 0 spiro atoms. The molecular weight excluding hydrogens is 456 g/mol. The third-order valence-corrected chi connectivity index (χ3v) is 12.1. The summed E-state index contributed by atoms with van der Waals surface area (Å²) in [5.41, 5.74) is 2.86. The molecule has 4 heteroatoms. The van der Waals surface area contributed by atoms with Gasteiger partial charge < -0.3 is 9.47 Å². The first-order valence-electron chi connectivity index (χ1n) is 14.5. The van der Waals surface area contributed by atoms with E-state index in [0.29, 0.717) is 21.8 Å². The molecule has 2 fully saturated rings. The van der Waals surface area contributed by atoms with E-state index in [2.05, 4.69) is 26.0 Å². The van der Waals surface area contributed by atoms with Crippen molar-refractivity contribution in [3.05, 3.63) is 23.3 Å². The maximum Gasteiger partial charge on any atom is 0.136 e. The first kappa shape index (κ1) is 28.1. The summed E-state index contributed by atoms with van der Waals surface area (Å²) in [5, 5.41) is 0. The van der Waals surface area contributed by atoms with Crippen LogP contribution < -0.4 is 9.47 Å². The van der Waals surface area contributed by atoms with Crippen molar-refractivity contribution in [2.45, 2.75) is 115 Å². The van der Waals surface area contributed by atoms with E-state index in [1.54, 1.807) is 0 Å². The van der Waals surface area contributed by atoms with Gasteiger partial charge in [0.1, 0.15) is 46.0 Å². The molecule has 0 aliphatic carbocycles. The van der Waals surface area contributed by atoms with Crippen molar-refractivity contribution in [2.24, 2.45) is 0 Å². The van der Waals surface area contributed by atoms with Gasteiger partial charge in [0.05, 0.1) is 13.2 Å². The number of hydrogen-bond acceptors (Lipinski definition) is 2. The summed E-state index contributed by atoms with van der Waals surface area (Å²) in [5.74, 6) is 10.4. The Balaban J connectivity index is 1.69. The van der Waals surface area contributed by atoms with Crippen LogP contribution in [0.4, 0.5) is 0 Å². The molecule has 2 nitrogen and oxygen atoms in total. The Morgan fingerprint density at radius 2 is 0.941 bits per heavy atom. The van der Waals surface area contributed by atoms with Gasteiger partial charge in [-0.15, -0.1) is 0 Å². The molecule has 34 heavy (non-hydrogen) atoms. The molecule has 0 aromatic heterocycles. The molecule has 3 rings (SSSR count). The summed E-state index contributed by atoms with van der Waals surface area (Å²) in [7, 11) is 1.07. The molecule has 0 N–H and O–H groups in total. The van der Waals surface area contributed by atoms with Crippen LogP contribution >= 0.6 is 0 Å². The van der Waals surface area contributed by atoms with Crippen molar-refractivity contribution in [2.75, 3.05) is 36.2 Å². The van der Waals surface area contributed by atoms with Crippen molar-refractivity contribution >= 4 is 21.8 Å². The van der Waals surface area contributed by atoms with E-state index in [0.717, 1.165) is 13.2 Å². The highest BCUT2D eigenvalue weighted by Gasteiger charge is 2.29. The van der Waals surface area contributed by atoms with E-state index in [9.17, 15) is 0 Å². The molecule has 2 aliphatic rings. The largest absolute Gasteiger partial charge is 0.493 e. The highest BCUT2D eigenvalue weighted by Crippen LogP contribution is 2.35. The standard InChI is InChI=1S/C30H52O2S2/c1-3-5-7-9-11-17-31-29-23-28(26-34-21-15-16-22-34)30(32-18-12-10-8-6-4-2)24-27(29)25-33-19-13-14-20-33/h23-24H,3-22,25-26H2,1-2H3/q+2. The Morgan fingerprint density at radius 1 is 0.559 bits per heavy atom. The van der Waals surface area contributed by atoms with E-state index in [4.69, 9.17) is 9.47 Å². The first-order chi connectivity index (χ1) is 16.8. The van der Waals surface area contributed by atoms with Gasteiger partial charge in [-0.1, -0.05) is 65.2 Å². The second-order valence-corrected chi connectivity index (χ2v) is 15.0. The fourth-order valence-electron chi connectivity index (χ4n) is 5.07. The van der Waals surface area contributed by atoms with E-state index in [1.165, 1.54) is 147 Å². The maximum atomic E-state index is 6.51. The lowest BCUT2D eigenvalue weighted by molar-refractivity contribution is 0.293. The summed E-state index contributed by atoms with van der Waals surface area (Å²) >= 11 is 0. The highest BCUT2D eigenvalue weighted by atomic mass is 32.2. The van der Waals surface area contributed by atoms with E-state index in [1.807, 2.05) is 0 Å². The molecule has 0 saturated carbocycles. The van der Waals surface area contributed by atoms with Crippen LogP contribution in [0.1, 0.15) is 115 Å². The van der Waals surface area contributed by atoms with Gasteiger partial charge in [0, 0.05) is 11.1 Å². The second-order valence-electron chi connectivity index (χ2n) is 10.3. The zero-order chi connectivity index (χ0) is 23.8. The SMILES string of the molecule is CCCCCCCOc1cc(C[S+]2CCCC2)c(OCCCCCCC)cc1C[S+]1CCCC1. The summed E-state index contributed by atoms with van der Waals surface area (Å²) < 4.78 is 13.0. The van der Waals surface area contributed by atoms with Crippen molar-refractivity contribution in [3.63, 3.8) is 0 Å². The third-order valence-electron chi connectivity index (χ3n) is 7.21. The number of benzene rings is 1. The van der Waals surface area contributed by atoms with E-state index >= 15 is 0 Å². The Kier molecular flexibility index (Phi) is 14.1.